The number of carbonyl (C=O) groups excluding carboxylic acids is 1. The van der Waals surface area contributed by atoms with Crippen LogP contribution in [0.25, 0.3) is 11.2 Å². The SMILES string of the molecule is CCOC(=O)[C@@H](C)N[P@](=S)(OC[C@@]1(CCl)O[C@@H](n2cnc3c(N(C)C)nc(C)nc32)[C@@H](F)[C@@H]1O)Oc1ccccc1. The minimum atomic E-state index is -3.51. The van der Waals surface area contributed by atoms with Gasteiger partial charge in [0, 0.05) is 14.1 Å². The number of esters is 1. The zero-order valence-corrected chi connectivity index (χ0v) is 25.7. The van der Waals surface area contributed by atoms with Crippen LogP contribution in [-0.4, -0.2) is 87.7 Å². The van der Waals surface area contributed by atoms with E-state index in [2.05, 4.69) is 20.0 Å². The molecular weight excluding hydrogens is 598 g/mol. The summed E-state index contributed by atoms with van der Waals surface area (Å²) in [5, 5.41) is 14.0. The van der Waals surface area contributed by atoms with Crippen LogP contribution in [0.1, 0.15) is 25.9 Å². The van der Waals surface area contributed by atoms with E-state index in [1.54, 1.807) is 56.0 Å². The van der Waals surface area contributed by atoms with Crippen LogP contribution in [0.15, 0.2) is 36.7 Å². The fourth-order valence-corrected chi connectivity index (χ4v) is 7.00. The van der Waals surface area contributed by atoms with Crippen molar-refractivity contribution in [2.45, 2.75) is 50.9 Å². The van der Waals surface area contributed by atoms with Crippen LogP contribution in [0.5, 0.6) is 5.75 Å². The number of carbonyl (C=O) groups is 1. The zero-order valence-electron chi connectivity index (χ0n) is 23.2. The molecule has 1 aromatic carbocycles. The van der Waals surface area contributed by atoms with Gasteiger partial charge >= 0.3 is 12.6 Å². The number of nitrogens with one attached hydrogen (secondary N) is 1. The molecule has 1 aliphatic rings. The molecule has 16 heteroatoms. The van der Waals surface area contributed by atoms with Crippen LogP contribution in [0.2, 0.25) is 0 Å². The Hall–Kier alpha value is -2.45. The predicted octanol–water partition coefficient (Wildman–Crippen LogP) is 3.27. The number of imidazole rings is 1. The normalized spacial score (nSPS) is 24.6. The summed E-state index contributed by atoms with van der Waals surface area (Å²) in [4.78, 5) is 27.3. The van der Waals surface area contributed by atoms with Crippen molar-refractivity contribution in [1.82, 2.24) is 24.6 Å². The third-order valence-electron chi connectivity index (χ3n) is 6.35. The topological polar surface area (TPSA) is 133 Å². The average Bonchev–Trinajstić information content (AvgIpc) is 3.46. The first kappa shape index (κ1) is 31.5. The van der Waals surface area contributed by atoms with Crippen molar-refractivity contribution in [2.24, 2.45) is 0 Å². The highest BCUT2D eigenvalue weighted by Crippen LogP contribution is 2.49. The standard InChI is InChI=1S/C25H33ClFN6O6PS/c1-6-36-24(35)15(2)31-40(41,39-17-10-8-7-9-11-17)37-13-25(12-26)20(34)18(27)23(38-25)33-14-28-19-21(32(4)5)29-16(3)30-22(19)33/h7-11,14-15,18,20,23,34H,6,12-13H2,1-5H3,(H,31,41)/t15-,18+,20+,23-,25-,40+/m1/s1. The molecule has 0 bridgehead atoms. The number of aliphatic hydroxyl groups is 1. The third kappa shape index (κ3) is 6.64. The molecular formula is C25H33ClFN6O6PS. The van der Waals surface area contributed by atoms with Crippen molar-refractivity contribution in [1.29, 1.82) is 0 Å². The van der Waals surface area contributed by atoms with Crippen LogP contribution >= 0.6 is 18.2 Å². The number of para-hydroxylation sites is 1. The Morgan fingerprint density at radius 1 is 1.37 bits per heavy atom. The smallest absolute Gasteiger partial charge is 0.323 e. The number of aryl methyl sites for hydroxylation is 1. The highest BCUT2D eigenvalue weighted by Gasteiger charge is 2.57. The van der Waals surface area contributed by atoms with E-state index in [9.17, 15) is 9.90 Å². The van der Waals surface area contributed by atoms with Gasteiger partial charge in [0.2, 0.25) is 0 Å². The maximum absolute atomic E-state index is 15.8. The summed E-state index contributed by atoms with van der Waals surface area (Å²) in [5.74, 6) is 0.474. The Morgan fingerprint density at radius 3 is 2.71 bits per heavy atom. The van der Waals surface area contributed by atoms with Crippen molar-refractivity contribution in [3.63, 3.8) is 0 Å². The van der Waals surface area contributed by atoms with Crippen molar-refractivity contribution >= 4 is 53.0 Å². The van der Waals surface area contributed by atoms with Gasteiger partial charge in [-0.2, -0.15) is 0 Å². The van der Waals surface area contributed by atoms with Crippen LogP contribution in [0.3, 0.4) is 0 Å². The lowest BCUT2D eigenvalue weighted by Gasteiger charge is -2.33. The van der Waals surface area contributed by atoms with Gasteiger partial charge in [0.25, 0.3) is 0 Å². The molecule has 0 aliphatic carbocycles. The van der Waals surface area contributed by atoms with Crippen molar-refractivity contribution in [3.8, 4) is 5.75 Å². The third-order valence-corrected chi connectivity index (χ3v) is 9.28. The Labute approximate surface area is 247 Å². The summed E-state index contributed by atoms with van der Waals surface area (Å²) in [6.07, 6.45) is -3.58. The minimum Gasteiger partial charge on any atom is -0.465 e. The molecule has 224 valence electrons. The molecule has 2 N–H and O–H groups in total. The summed E-state index contributed by atoms with van der Waals surface area (Å²) in [6.45, 7) is 1.16. The van der Waals surface area contributed by atoms with E-state index in [0.29, 0.717) is 28.6 Å². The van der Waals surface area contributed by atoms with Crippen LogP contribution in [0.4, 0.5) is 10.2 Å². The van der Waals surface area contributed by atoms with Gasteiger partial charge in [-0.05, 0) is 44.7 Å². The molecule has 3 aromatic rings. The van der Waals surface area contributed by atoms with Gasteiger partial charge < -0.3 is 28.5 Å². The van der Waals surface area contributed by atoms with Crippen LogP contribution in [-0.2, 0) is 30.6 Å². The lowest BCUT2D eigenvalue weighted by molar-refractivity contribution is -0.144. The van der Waals surface area contributed by atoms with E-state index < -0.39 is 49.4 Å². The number of aliphatic hydroxyl groups excluding tert-OH is 1. The summed E-state index contributed by atoms with van der Waals surface area (Å²) < 4.78 is 40.4. The van der Waals surface area contributed by atoms with E-state index in [1.807, 2.05) is 14.1 Å². The first-order valence-electron chi connectivity index (χ1n) is 12.8. The number of fused-ring (bicyclic) bond motifs is 1. The van der Waals surface area contributed by atoms with Gasteiger partial charge in [-0.25, -0.2) is 24.4 Å². The molecule has 4 rings (SSSR count). The molecule has 1 fully saturated rings. The molecule has 6 atom stereocenters. The molecule has 0 unspecified atom stereocenters. The molecule has 2 aromatic heterocycles. The number of benzene rings is 1. The van der Waals surface area contributed by atoms with Crippen LogP contribution < -0.4 is 14.5 Å². The Kier molecular flexibility index (Phi) is 9.85. The molecule has 1 saturated heterocycles. The first-order chi connectivity index (χ1) is 19.4. The lowest BCUT2D eigenvalue weighted by Crippen LogP contribution is -2.48. The second kappa shape index (κ2) is 12.8. The first-order valence-corrected chi connectivity index (χ1v) is 16.0. The molecule has 3 heterocycles. The highest BCUT2D eigenvalue weighted by molar-refractivity contribution is 8.09. The van der Waals surface area contributed by atoms with E-state index in [0.717, 1.165) is 0 Å². The Balaban J connectivity index is 1.62. The van der Waals surface area contributed by atoms with Gasteiger partial charge in [-0.15, -0.1) is 11.6 Å². The van der Waals surface area contributed by atoms with Gasteiger partial charge in [-0.3, -0.25) is 9.36 Å². The monoisotopic (exact) mass is 630 g/mol. The predicted molar refractivity (Wildman–Crippen MR) is 155 cm³/mol. The highest BCUT2D eigenvalue weighted by atomic mass is 35.5. The molecule has 0 radical (unpaired) electrons. The molecule has 0 spiro atoms. The summed E-state index contributed by atoms with van der Waals surface area (Å²) >= 11 is 12.0. The number of rotatable bonds is 12. The van der Waals surface area contributed by atoms with E-state index >= 15 is 4.39 Å². The van der Waals surface area contributed by atoms with Crippen LogP contribution in [0, 0.1) is 6.92 Å². The average molecular weight is 631 g/mol. The Morgan fingerprint density at radius 2 is 2.07 bits per heavy atom. The van der Waals surface area contributed by atoms with Gasteiger partial charge in [0.15, 0.2) is 29.4 Å². The second-order valence-corrected chi connectivity index (χ2v) is 13.1. The molecule has 0 amide bonds. The maximum Gasteiger partial charge on any atom is 0.323 e. The summed E-state index contributed by atoms with van der Waals surface area (Å²) in [6, 6.07) is 7.74. The van der Waals surface area contributed by atoms with Crippen molar-refractivity contribution in [3.05, 3.63) is 42.5 Å². The van der Waals surface area contributed by atoms with Gasteiger partial charge in [0.05, 0.1) is 25.4 Å². The number of alkyl halides is 2. The van der Waals surface area contributed by atoms with E-state index in [1.165, 1.54) is 10.9 Å². The van der Waals surface area contributed by atoms with Gasteiger partial charge in [-0.1, -0.05) is 18.2 Å². The quantitative estimate of drug-likeness (QED) is 0.173. The maximum atomic E-state index is 15.8. The number of aromatic nitrogens is 4. The second-order valence-electron chi connectivity index (χ2n) is 9.69. The molecule has 41 heavy (non-hydrogen) atoms. The summed E-state index contributed by atoms with van der Waals surface area (Å²) in [5.41, 5.74) is -0.961. The zero-order chi connectivity index (χ0) is 29.9. The fraction of sp³-hybridized carbons (Fsp3) is 0.520. The molecule has 12 nitrogen and oxygen atoms in total. The number of halogens is 2. The molecule has 1 aliphatic heterocycles. The largest absolute Gasteiger partial charge is 0.465 e. The summed E-state index contributed by atoms with van der Waals surface area (Å²) in [7, 11) is 3.62. The number of hydrogen-bond donors (Lipinski definition) is 2. The number of nitrogens with zero attached hydrogens (tertiary/aromatic N) is 5. The van der Waals surface area contributed by atoms with Crippen molar-refractivity contribution in [2.75, 3.05) is 38.1 Å². The number of ether oxygens (including phenoxy) is 2. The van der Waals surface area contributed by atoms with E-state index in [-0.39, 0.29) is 12.5 Å². The van der Waals surface area contributed by atoms with Crippen molar-refractivity contribution < 1.29 is 32.8 Å². The number of hydrogen-bond acceptors (Lipinski definition) is 11. The van der Waals surface area contributed by atoms with Gasteiger partial charge in [0.1, 0.15) is 29.3 Å². The molecule has 0 saturated carbocycles. The van der Waals surface area contributed by atoms with E-state index in [4.69, 9.17) is 41.9 Å². The lowest BCUT2D eigenvalue weighted by atomic mass is 9.99. The minimum absolute atomic E-state index is 0.173. The number of anilines is 1. The fourth-order valence-electron chi connectivity index (χ4n) is 4.27. The Bertz CT molecular complexity index is 1420.